The average Bonchev–Trinajstić information content (AvgIpc) is 3.27. The number of rotatable bonds is 2. The van der Waals surface area contributed by atoms with E-state index in [2.05, 4.69) is 40.6 Å². The fraction of sp³-hybridized carbons (Fsp3) is 0.360. The van der Waals surface area contributed by atoms with Gasteiger partial charge in [-0.15, -0.1) is 0 Å². The Labute approximate surface area is 180 Å². The second-order valence-corrected chi connectivity index (χ2v) is 9.17. The third-order valence-electron chi connectivity index (χ3n) is 7.18. The highest BCUT2D eigenvalue weighted by atomic mass is 16.1. The van der Waals surface area contributed by atoms with Crippen LogP contribution in [0.5, 0.6) is 0 Å². The molecular weight excluding hydrogens is 386 g/mol. The lowest BCUT2D eigenvalue weighted by Crippen LogP contribution is -2.43. The Bertz CT molecular complexity index is 1350. The van der Waals surface area contributed by atoms with Crippen LogP contribution in [0.4, 0.5) is 0 Å². The van der Waals surface area contributed by atoms with Crippen LogP contribution in [-0.2, 0) is 18.4 Å². The zero-order chi connectivity index (χ0) is 21.0. The van der Waals surface area contributed by atoms with Crippen molar-refractivity contribution in [1.29, 1.82) is 0 Å². The van der Waals surface area contributed by atoms with E-state index in [0.717, 1.165) is 54.5 Å². The Morgan fingerprint density at radius 2 is 1.84 bits per heavy atom. The molecule has 1 saturated carbocycles. The molecule has 156 valence electrons. The van der Waals surface area contributed by atoms with E-state index >= 15 is 0 Å². The van der Waals surface area contributed by atoms with Crippen molar-refractivity contribution in [2.75, 3.05) is 0 Å². The minimum absolute atomic E-state index is 0.0650. The molecule has 0 aliphatic heterocycles. The van der Waals surface area contributed by atoms with Gasteiger partial charge in [0, 0.05) is 11.0 Å². The van der Waals surface area contributed by atoms with Gasteiger partial charge in [0.05, 0.1) is 17.8 Å². The quantitative estimate of drug-likeness (QED) is 0.499. The second-order valence-electron chi connectivity index (χ2n) is 9.17. The molecule has 2 aromatic heterocycles. The number of nitrogens with zero attached hydrogens (tertiary/aromatic N) is 5. The molecule has 6 heteroatoms. The van der Waals surface area contributed by atoms with Crippen molar-refractivity contribution in [1.82, 2.24) is 24.6 Å². The van der Waals surface area contributed by atoms with Crippen LogP contribution in [0.25, 0.3) is 17.0 Å². The van der Waals surface area contributed by atoms with E-state index in [1.807, 2.05) is 34.8 Å². The zero-order valence-electron chi connectivity index (χ0n) is 17.7. The Balaban J connectivity index is 1.69. The van der Waals surface area contributed by atoms with Gasteiger partial charge in [-0.3, -0.25) is 9.36 Å². The Kier molecular flexibility index (Phi) is 4.10. The highest BCUT2D eigenvalue weighted by molar-refractivity contribution is 5.74. The monoisotopic (exact) mass is 411 g/mol. The molecule has 6 rings (SSSR count). The van der Waals surface area contributed by atoms with Gasteiger partial charge in [-0.1, -0.05) is 72.4 Å². The van der Waals surface area contributed by atoms with Crippen LogP contribution in [-0.4, -0.2) is 24.6 Å². The third-order valence-corrected chi connectivity index (χ3v) is 7.18. The molecule has 1 fully saturated rings. The van der Waals surface area contributed by atoms with E-state index < -0.39 is 0 Å². The molecule has 2 aliphatic carbocycles. The summed E-state index contributed by atoms with van der Waals surface area (Å²) in [4.78, 5) is 14.2. The summed E-state index contributed by atoms with van der Waals surface area (Å²) in [5.41, 5.74) is 6.41. The first-order valence-corrected chi connectivity index (χ1v) is 11.2. The number of fused-ring (bicyclic) bond motifs is 6. The molecule has 1 spiro atoms. The van der Waals surface area contributed by atoms with Crippen molar-refractivity contribution in [3.05, 3.63) is 81.1 Å². The zero-order valence-corrected chi connectivity index (χ0v) is 17.7. The van der Waals surface area contributed by atoms with Crippen molar-refractivity contribution in [2.24, 2.45) is 0 Å². The fourth-order valence-electron chi connectivity index (χ4n) is 5.74. The molecule has 2 aliphatic rings. The van der Waals surface area contributed by atoms with Gasteiger partial charge in [-0.05, 0) is 53.8 Å². The minimum atomic E-state index is -0.133. The highest BCUT2D eigenvalue weighted by Crippen LogP contribution is 2.49. The van der Waals surface area contributed by atoms with Crippen LogP contribution in [0.1, 0.15) is 54.4 Å². The molecule has 6 nitrogen and oxygen atoms in total. The molecule has 0 radical (unpaired) electrons. The Hall–Kier alpha value is -3.28. The normalized spacial score (nSPS) is 16.9. The van der Waals surface area contributed by atoms with E-state index in [0.29, 0.717) is 12.3 Å². The van der Waals surface area contributed by atoms with Gasteiger partial charge in [-0.2, -0.15) is 4.52 Å². The van der Waals surface area contributed by atoms with Gasteiger partial charge in [-0.25, -0.2) is 0 Å². The third kappa shape index (κ3) is 2.77. The molecule has 0 N–H and O–H groups in total. The standard InChI is InChI=1S/C25H25N5O/c1-17-10-11-19-15-25(12-6-3-7-13-25)21-22(20(19)14-17)30-24(26-27-28-30)29(23(21)31)16-18-8-4-2-5-9-18/h2,4-5,8-11,14H,3,6-7,12-13,15-16H2,1H3. The minimum Gasteiger partial charge on any atom is -0.271 e. The number of benzene rings is 2. The predicted molar refractivity (Wildman–Crippen MR) is 119 cm³/mol. The van der Waals surface area contributed by atoms with Crippen LogP contribution in [0.3, 0.4) is 0 Å². The lowest BCUT2D eigenvalue weighted by atomic mass is 9.62. The highest BCUT2D eigenvalue weighted by Gasteiger charge is 2.44. The molecule has 0 unspecified atom stereocenters. The Morgan fingerprint density at radius 1 is 1.03 bits per heavy atom. The number of tetrazole rings is 1. The maximum absolute atomic E-state index is 14.2. The molecule has 0 amide bonds. The second kappa shape index (κ2) is 6.87. The largest absolute Gasteiger partial charge is 0.271 e. The first-order chi connectivity index (χ1) is 15.2. The number of aryl methyl sites for hydroxylation is 1. The van der Waals surface area contributed by atoms with Crippen LogP contribution in [0.15, 0.2) is 53.3 Å². The SMILES string of the molecule is Cc1ccc2c(c1)-c1c(c(=O)n(Cc3ccccc3)c3nnnn13)C1(CCCCC1)C2. The predicted octanol–water partition coefficient (Wildman–Crippen LogP) is 4.07. The Morgan fingerprint density at radius 3 is 2.65 bits per heavy atom. The van der Waals surface area contributed by atoms with Gasteiger partial charge >= 0.3 is 0 Å². The summed E-state index contributed by atoms with van der Waals surface area (Å²) >= 11 is 0. The summed E-state index contributed by atoms with van der Waals surface area (Å²) in [6.07, 6.45) is 6.56. The van der Waals surface area contributed by atoms with Crippen LogP contribution < -0.4 is 5.56 Å². The molecule has 0 atom stereocenters. The van der Waals surface area contributed by atoms with E-state index in [9.17, 15) is 4.79 Å². The number of hydrogen-bond donors (Lipinski definition) is 0. The molecule has 31 heavy (non-hydrogen) atoms. The summed E-state index contributed by atoms with van der Waals surface area (Å²) in [5, 5.41) is 12.6. The summed E-state index contributed by atoms with van der Waals surface area (Å²) < 4.78 is 3.58. The first-order valence-electron chi connectivity index (χ1n) is 11.2. The van der Waals surface area contributed by atoms with Gasteiger partial charge in [0.15, 0.2) is 0 Å². The van der Waals surface area contributed by atoms with Crippen molar-refractivity contribution < 1.29 is 0 Å². The van der Waals surface area contributed by atoms with Crippen molar-refractivity contribution in [3.63, 3.8) is 0 Å². The molecule has 0 bridgehead atoms. The van der Waals surface area contributed by atoms with Crippen LogP contribution >= 0.6 is 0 Å². The molecule has 0 saturated heterocycles. The molecule has 2 aromatic carbocycles. The smallest absolute Gasteiger partial charge is 0.259 e. The lowest BCUT2D eigenvalue weighted by Gasteiger charge is -2.42. The first kappa shape index (κ1) is 18.5. The number of aromatic nitrogens is 5. The summed E-state index contributed by atoms with van der Waals surface area (Å²) in [5.74, 6) is 0.507. The molecule has 2 heterocycles. The van der Waals surface area contributed by atoms with E-state index in [-0.39, 0.29) is 11.0 Å². The van der Waals surface area contributed by atoms with Gasteiger partial charge in [0.25, 0.3) is 11.3 Å². The van der Waals surface area contributed by atoms with E-state index in [1.54, 1.807) is 4.57 Å². The summed E-state index contributed by atoms with van der Waals surface area (Å²) in [6.45, 7) is 2.56. The van der Waals surface area contributed by atoms with Gasteiger partial charge < -0.3 is 0 Å². The number of hydrogen-bond acceptors (Lipinski definition) is 4. The van der Waals surface area contributed by atoms with Gasteiger partial charge in [0.2, 0.25) is 0 Å². The summed E-state index contributed by atoms with van der Waals surface area (Å²) in [7, 11) is 0. The van der Waals surface area contributed by atoms with Gasteiger partial charge in [0.1, 0.15) is 0 Å². The topological polar surface area (TPSA) is 65.1 Å². The average molecular weight is 412 g/mol. The van der Waals surface area contributed by atoms with Crippen molar-refractivity contribution in [2.45, 2.75) is 57.4 Å². The van der Waals surface area contributed by atoms with Crippen LogP contribution in [0, 0.1) is 6.92 Å². The van der Waals surface area contributed by atoms with Crippen LogP contribution in [0.2, 0.25) is 0 Å². The van der Waals surface area contributed by atoms with Crippen molar-refractivity contribution in [3.8, 4) is 11.3 Å². The fourth-order valence-corrected chi connectivity index (χ4v) is 5.74. The van der Waals surface area contributed by atoms with E-state index in [4.69, 9.17) is 0 Å². The lowest BCUT2D eigenvalue weighted by molar-refractivity contribution is 0.283. The summed E-state index contributed by atoms with van der Waals surface area (Å²) in [6, 6.07) is 16.7. The maximum atomic E-state index is 14.2. The van der Waals surface area contributed by atoms with E-state index in [1.165, 1.54) is 17.5 Å². The molecular formula is C25H25N5O. The molecule has 4 aromatic rings. The van der Waals surface area contributed by atoms with Crippen molar-refractivity contribution >= 4 is 5.78 Å². The maximum Gasteiger partial charge on any atom is 0.259 e.